The van der Waals surface area contributed by atoms with Crippen molar-refractivity contribution in [3.05, 3.63) is 115 Å². The van der Waals surface area contributed by atoms with Crippen LogP contribution in [0.1, 0.15) is 13.3 Å². The Labute approximate surface area is 171 Å². The van der Waals surface area contributed by atoms with Crippen LogP contribution < -0.4 is 0 Å². The van der Waals surface area contributed by atoms with Gasteiger partial charge in [0.2, 0.25) is 0 Å². The first kappa shape index (κ1) is 18.6. The fourth-order valence-electron chi connectivity index (χ4n) is 3.34. The van der Waals surface area contributed by atoms with Gasteiger partial charge >= 0.3 is 0 Å². The lowest BCUT2D eigenvalue weighted by Crippen LogP contribution is -2.03. The number of rotatable bonds is 3. The van der Waals surface area contributed by atoms with Crippen molar-refractivity contribution in [2.24, 2.45) is 0 Å². The van der Waals surface area contributed by atoms with E-state index in [0.29, 0.717) is 0 Å². The van der Waals surface area contributed by atoms with Crippen molar-refractivity contribution in [3.63, 3.8) is 0 Å². The number of benzene rings is 2. The SMILES string of the molecule is C=C1/C=C\C=C(\C)C/C(n2c(-c3ccccc3)nnc2-c2ccccc2)=C\C=C/1. The lowest BCUT2D eigenvalue weighted by Gasteiger charge is -2.15. The standard InChI is InChI=1S/C26H23N3/c1-20-11-9-13-21(2)19-24(18-10-12-20)29-25(22-14-5-3-6-15-22)27-28-26(29)23-16-7-4-8-17-23/h3-18H,1,19H2,2H3/b11-9-,12-10-,21-13-,24-18+. The van der Waals surface area contributed by atoms with Crippen LogP contribution in [0.2, 0.25) is 0 Å². The van der Waals surface area contributed by atoms with E-state index in [9.17, 15) is 0 Å². The summed E-state index contributed by atoms with van der Waals surface area (Å²) in [5.41, 5.74) is 5.40. The van der Waals surface area contributed by atoms with Gasteiger partial charge in [0.25, 0.3) is 0 Å². The lowest BCUT2D eigenvalue weighted by molar-refractivity contribution is 1.02. The second-order valence-corrected chi connectivity index (χ2v) is 7.06. The summed E-state index contributed by atoms with van der Waals surface area (Å²) in [6, 6.07) is 20.4. The molecule has 0 N–H and O–H groups in total. The average molecular weight is 377 g/mol. The molecule has 1 aliphatic rings. The first-order valence-electron chi connectivity index (χ1n) is 9.69. The molecule has 3 nitrogen and oxygen atoms in total. The van der Waals surface area contributed by atoms with Crippen LogP contribution in [-0.2, 0) is 0 Å². The topological polar surface area (TPSA) is 30.7 Å². The zero-order chi connectivity index (χ0) is 20.1. The first-order valence-corrected chi connectivity index (χ1v) is 9.69. The molecule has 29 heavy (non-hydrogen) atoms. The van der Waals surface area contributed by atoms with Gasteiger partial charge in [-0.3, -0.25) is 4.57 Å². The maximum Gasteiger partial charge on any atom is 0.168 e. The van der Waals surface area contributed by atoms with Crippen molar-refractivity contribution in [2.45, 2.75) is 13.3 Å². The molecular weight excluding hydrogens is 354 g/mol. The summed E-state index contributed by atoms with van der Waals surface area (Å²) in [6.07, 6.45) is 13.2. The maximum absolute atomic E-state index is 4.57. The van der Waals surface area contributed by atoms with E-state index in [4.69, 9.17) is 0 Å². The van der Waals surface area contributed by atoms with Gasteiger partial charge in [-0.25, -0.2) is 0 Å². The molecule has 1 aliphatic carbocycles. The van der Waals surface area contributed by atoms with Gasteiger partial charge in [0.15, 0.2) is 11.6 Å². The predicted octanol–water partition coefficient (Wildman–Crippen LogP) is 6.47. The summed E-state index contributed by atoms with van der Waals surface area (Å²) in [6.45, 7) is 6.21. The van der Waals surface area contributed by atoms with Crippen LogP contribution in [0.4, 0.5) is 0 Å². The molecule has 0 radical (unpaired) electrons. The molecule has 0 bridgehead atoms. The molecule has 4 rings (SSSR count). The Kier molecular flexibility index (Phi) is 5.48. The summed E-state index contributed by atoms with van der Waals surface area (Å²) >= 11 is 0. The van der Waals surface area contributed by atoms with Gasteiger partial charge in [0.1, 0.15) is 0 Å². The van der Waals surface area contributed by atoms with Crippen molar-refractivity contribution in [1.82, 2.24) is 14.8 Å². The minimum Gasteiger partial charge on any atom is -0.279 e. The van der Waals surface area contributed by atoms with Crippen LogP contribution in [0.25, 0.3) is 28.5 Å². The molecule has 0 saturated heterocycles. The zero-order valence-electron chi connectivity index (χ0n) is 16.5. The predicted molar refractivity (Wildman–Crippen MR) is 121 cm³/mol. The van der Waals surface area contributed by atoms with Gasteiger partial charge < -0.3 is 0 Å². The van der Waals surface area contributed by atoms with Gasteiger partial charge in [-0.2, -0.15) is 0 Å². The van der Waals surface area contributed by atoms with Crippen LogP contribution in [0.5, 0.6) is 0 Å². The average Bonchev–Trinajstić information content (AvgIpc) is 3.19. The van der Waals surface area contributed by atoms with Crippen LogP contribution >= 0.6 is 0 Å². The third-order valence-electron chi connectivity index (χ3n) is 4.76. The second kappa shape index (κ2) is 8.53. The maximum atomic E-state index is 4.57. The Morgan fingerprint density at radius 2 is 1.28 bits per heavy atom. The molecule has 0 fully saturated rings. The fourth-order valence-corrected chi connectivity index (χ4v) is 3.34. The van der Waals surface area contributed by atoms with Crippen LogP contribution in [0.15, 0.2) is 115 Å². The van der Waals surface area contributed by atoms with Gasteiger partial charge in [0, 0.05) is 23.2 Å². The molecule has 3 aromatic rings. The van der Waals surface area contributed by atoms with Crippen molar-refractivity contribution in [1.29, 1.82) is 0 Å². The summed E-state index contributed by atoms with van der Waals surface area (Å²) in [5.74, 6) is 1.67. The molecule has 2 aromatic carbocycles. The van der Waals surface area contributed by atoms with E-state index in [2.05, 4.69) is 64.7 Å². The Morgan fingerprint density at radius 1 is 0.759 bits per heavy atom. The van der Waals surface area contributed by atoms with E-state index in [1.54, 1.807) is 0 Å². The molecule has 0 saturated carbocycles. The normalized spacial score (nSPS) is 20.2. The molecule has 0 unspecified atom stereocenters. The molecule has 0 aliphatic heterocycles. The Hall–Kier alpha value is -3.72. The van der Waals surface area contributed by atoms with E-state index in [1.165, 1.54) is 5.57 Å². The van der Waals surface area contributed by atoms with E-state index >= 15 is 0 Å². The van der Waals surface area contributed by atoms with Crippen molar-refractivity contribution in [3.8, 4) is 22.8 Å². The largest absolute Gasteiger partial charge is 0.279 e. The first-order chi connectivity index (χ1) is 14.2. The van der Waals surface area contributed by atoms with E-state index in [0.717, 1.165) is 40.5 Å². The fraction of sp³-hybridized carbons (Fsp3) is 0.0769. The monoisotopic (exact) mass is 377 g/mol. The molecular formula is C26H23N3. The third kappa shape index (κ3) is 4.25. The molecule has 1 heterocycles. The van der Waals surface area contributed by atoms with Crippen molar-refractivity contribution >= 4 is 5.70 Å². The van der Waals surface area contributed by atoms with Gasteiger partial charge in [-0.05, 0) is 18.6 Å². The van der Waals surface area contributed by atoms with E-state index < -0.39 is 0 Å². The smallest absolute Gasteiger partial charge is 0.168 e. The summed E-state index contributed by atoms with van der Waals surface area (Å²) in [5, 5.41) is 9.14. The summed E-state index contributed by atoms with van der Waals surface area (Å²) < 4.78 is 2.17. The number of allylic oxidation sites excluding steroid dienone is 9. The third-order valence-corrected chi connectivity index (χ3v) is 4.76. The molecule has 142 valence electrons. The lowest BCUT2D eigenvalue weighted by atomic mass is 10.1. The molecule has 0 amide bonds. The Morgan fingerprint density at radius 3 is 1.83 bits per heavy atom. The molecule has 3 heteroatoms. The zero-order valence-corrected chi connectivity index (χ0v) is 16.5. The van der Waals surface area contributed by atoms with E-state index in [1.807, 2.05) is 60.7 Å². The Balaban J connectivity index is 1.92. The highest BCUT2D eigenvalue weighted by molar-refractivity contribution is 5.71. The number of aromatic nitrogens is 3. The highest BCUT2D eigenvalue weighted by atomic mass is 15.3. The number of hydrogen-bond donors (Lipinski definition) is 0. The van der Waals surface area contributed by atoms with Gasteiger partial charge in [-0.1, -0.05) is 103 Å². The van der Waals surface area contributed by atoms with Gasteiger partial charge in [-0.15, -0.1) is 10.2 Å². The minimum absolute atomic E-state index is 0.791. The van der Waals surface area contributed by atoms with Gasteiger partial charge in [0.05, 0.1) is 0 Å². The van der Waals surface area contributed by atoms with Crippen molar-refractivity contribution < 1.29 is 0 Å². The second-order valence-electron chi connectivity index (χ2n) is 7.06. The number of hydrogen-bond acceptors (Lipinski definition) is 2. The quantitative estimate of drug-likeness (QED) is 0.523. The van der Waals surface area contributed by atoms with Crippen LogP contribution in [0, 0.1) is 0 Å². The summed E-state index contributed by atoms with van der Waals surface area (Å²) in [7, 11) is 0. The van der Waals surface area contributed by atoms with Crippen molar-refractivity contribution in [2.75, 3.05) is 0 Å². The number of nitrogens with zero attached hydrogens (tertiary/aromatic N) is 3. The van der Waals surface area contributed by atoms with Crippen LogP contribution in [-0.4, -0.2) is 14.8 Å². The highest BCUT2D eigenvalue weighted by Crippen LogP contribution is 2.31. The minimum atomic E-state index is 0.791. The van der Waals surface area contributed by atoms with Crippen LogP contribution in [0.3, 0.4) is 0 Å². The summed E-state index contributed by atoms with van der Waals surface area (Å²) in [4.78, 5) is 0. The molecule has 0 spiro atoms. The highest BCUT2D eigenvalue weighted by Gasteiger charge is 2.18. The van der Waals surface area contributed by atoms with E-state index in [-0.39, 0.29) is 0 Å². The molecule has 0 atom stereocenters. The Bertz CT molecular complexity index is 1070. The molecule has 1 aromatic heterocycles.